The third kappa shape index (κ3) is 6.17. The summed E-state index contributed by atoms with van der Waals surface area (Å²) in [5.74, 6) is 0.604. The van der Waals surface area contributed by atoms with E-state index in [9.17, 15) is 13.5 Å². The Morgan fingerprint density at radius 3 is 2.76 bits per heavy atom. The first-order valence-electron chi connectivity index (χ1n) is 12.4. The predicted molar refractivity (Wildman–Crippen MR) is 147 cm³/mol. The van der Waals surface area contributed by atoms with Crippen molar-refractivity contribution in [2.75, 3.05) is 24.6 Å². The maximum absolute atomic E-state index is 12.5. The topological polar surface area (TPSA) is 115 Å². The molecule has 1 aliphatic rings. The number of hydrogen-bond donors (Lipinski definition) is 1. The Morgan fingerprint density at radius 2 is 1.97 bits per heavy atom. The lowest BCUT2D eigenvalue weighted by atomic mass is 10.1. The van der Waals surface area contributed by atoms with Gasteiger partial charge in [-0.25, -0.2) is 9.97 Å². The van der Waals surface area contributed by atoms with Gasteiger partial charge in [-0.2, -0.15) is 8.42 Å². The van der Waals surface area contributed by atoms with Crippen LogP contribution in [0.5, 0.6) is 11.5 Å². The van der Waals surface area contributed by atoms with Gasteiger partial charge in [0.05, 0.1) is 0 Å². The van der Waals surface area contributed by atoms with Crippen LogP contribution in [-0.2, 0) is 14.3 Å². The van der Waals surface area contributed by atoms with Crippen LogP contribution >= 0.6 is 11.3 Å². The number of phenolic OH excluding ortho intramolecular Hbond substituents is 1. The number of hydrogen-bond acceptors (Lipinski definition) is 10. The number of piperidine rings is 1. The first-order valence-corrected chi connectivity index (χ1v) is 14.6. The molecule has 1 unspecified atom stereocenters. The molecular formula is C27H29N3O6S2. The fourth-order valence-corrected chi connectivity index (χ4v) is 6.08. The van der Waals surface area contributed by atoms with E-state index in [1.54, 1.807) is 49.4 Å². The second kappa shape index (κ2) is 11.1. The highest BCUT2D eigenvalue weighted by Gasteiger charge is 2.21. The summed E-state index contributed by atoms with van der Waals surface area (Å²) in [6, 6.07) is 9.51. The SMILES string of the molecule is Cc1ccc(S(=O)(=O)OCC(C)Oc2ccc3nc(C=Cc4cnc(N5CCCCC5)s4)oc3c2)c(O)c1. The second-order valence-electron chi connectivity index (χ2n) is 9.25. The van der Waals surface area contributed by atoms with Gasteiger partial charge in [0.1, 0.15) is 34.6 Å². The van der Waals surface area contributed by atoms with Crippen LogP contribution in [0.25, 0.3) is 23.3 Å². The lowest BCUT2D eigenvalue weighted by molar-refractivity contribution is 0.146. The van der Waals surface area contributed by atoms with Gasteiger partial charge in [0, 0.05) is 36.3 Å². The van der Waals surface area contributed by atoms with E-state index in [-0.39, 0.29) is 17.3 Å². The van der Waals surface area contributed by atoms with E-state index in [4.69, 9.17) is 13.3 Å². The predicted octanol–water partition coefficient (Wildman–Crippen LogP) is 5.63. The zero-order chi connectivity index (χ0) is 26.7. The Hall–Kier alpha value is -3.41. The number of fused-ring (bicyclic) bond motifs is 1. The van der Waals surface area contributed by atoms with E-state index in [2.05, 4.69) is 14.9 Å². The van der Waals surface area contributed by atoms with Crippen molar-refractivity contribution < 1.29 is 26.9 Å². The molecule has 0 spiro atoms. The maximum Gasteiger partial charge on any atom is 0.300 e. The average Bonchev–Trinajstić information content (AvgIpc) is 3.53. The zero-order valence-electron chi connectivity index (χ0n) is 21.2. The molecule has 0 amide bonds. The Balaban J connectivity index is 1.20. The van der Waals surface area contributed by atoms with Gasteiger partial charge in [0.15, 0.2) is 10.7 Å². The molecule has 1 N–H and O–H groups in total. The number of aryl methyl sites for hydroxylation is 1. The molecule has 0 radical (unpaired) electrons. The smallest absolute Gasteiger partial charge is 0.300 e. The van der Waals surface area contributed by atoms with Crippen LogP contribution in [-0.4, -0.2) is 49.3 Å². The van der Waals surface area contributed by atoms with Crippen molar-refractivity contribution in [1.82, 2.24) is 9.97 Å². The molecule has 0 bridgehead atoms. The van der Waals surface area contributed by atoms with Crippen LogP contribution < -0.4 is 9.64 Å². The van der Waals surface area contributed by atoms with Crippen LogP contribution in [0.4, 0.5) is 5.13 Å². The van der Waals surface area contributed by atoms with E-state index >= 15 is 0 Å². The lowest BCUT2D eigenvalue weighted by Crippen LogP contribution is -2.29. The number of aromatic hydroxyl groups is 1. The van der Waals surface area contributed by atoms with E-state index in [0.29, 0.717) is 22.7 Å². The molecule has 1 aliphatic heterocycles. The molecule has 11 heteroatoms. The largest absolute Gasteiger partial charge is 0.506 e. The van der Waals surface area contributed by atoms with Gasteiger partial charge in [-0.1, -0.05) is 17.4 Å². The normalized spacial score (nSPS) is 15.4. The fraction of sp³-hybridized carbons (Fsp3) is 0.333. The molecule has 2 aromatic carbocycles. The third-order valence-corrected chi connectivity index (χ3v) is 8.44. The van der Waals surface area contributed by atoms with Crippen molar-refractivity contribution in [2.45, 2.75) is 44.1 Å². The zero-order valence-corrected chi connectivity index (χ0v) is 22.8. The number of nitrogens with zero attached hydrogens (tertiary/aromatic N) is 3. The molecule has 5 rings (SSSR count). The summed E-state index contributed by atoms with van der Waals surface area (Å²) < 4.78 is 41.8. The van der Waals surface area contributed by atoms with Crippen molar-refractivity contribution in [2.24, 2.45) is 0 Å². The molecule has 200 valence electrons. The molecule has 38 heavy (non-hydrogen) atoms. The number of rotatable bonds is 9. The van der Waals surface area contributed by atoms with Crippen LogP contribution in [0.15, 0.2) is 51.9 Å². The van der Waals surface area contributed by atoms with E-state index in [1.807, 2.05) is 18.3 Å². The fourth-order valence-electron chi connectivity index (χ4n) is 4.16. The first kappa shape index (κ1) is 26.2. The molecule has 1 saturated heterocycles. The third-order valence-electron chi connectivity index (χ3n) is 6.08. The van der Waals surface area contributed by atoms with Crippen LogP contribution in [0, 0.1) is 6.92 Å². The monoisotopic (exact) mass is 555 g/mol. The Morgan fingerprint density at radius 1 is 1.16 bits per heavy atom. The number of anilines is 1. The van der Waals surface area contributed by atoms with Gasteiger partial charge < -0.3 is 19.2 Å². The van der Waals surface area contributed by atoms with Crippen LogP contribution in [0.3, 0.4) is 0 Å². The Kier molecular flexibility index (Phi) is 7.68. The summed E-state index contributed by atoms with van der Waals surface area (Å²) in [5, 5.41) is 11.0. The highest BCUT2D eigenvalue weighted by atomic mass is 32.2. The number of ether oxygens (including phenoxy) is 1. The van der Waals surface area contributed by atoms with E-state index < -0.39 is 16.2 Å². The Labute approximate surface area is 225 Å². The summed E-state index contributed by atoms with van der Waals surface area (Å²) in [6.07, 6.45) is 8.74. The van der Waals surface area contributed by atoms with Gasteiger partial charge in [0.2, 0.25) is 5.89 Å². The Bertz CT molecular complexity index is 1550. The minimum atomic E-state index is -4.13. The molecule has 9 nitrogen and oxygen atoms in total. The van der Waals surface area contributed by atoms with Gasteiger partial charge in [-0.05, 0) is 69.0 Å². The van der Waals surface area contributed by atoms with Crippen molar-refractivity contribution in [3.05, 3.63) is 58.9 Å². The first-order chi connectivity index (χ1) is 18.3. The van der Waals surface area contributed by atoms with Gasteiger partial charge in [-0.15, -0.1) is 0 Å². The number of benzene rings is 2. The summed E-state index contributed by atoms with van der Waals surface area (Å²) in [6.45, 7) is 5.33. The quantitative estimate of drug-likeness (QED) is 0.262. The molecular weight excluding hydrogens is 526 g/mol. The maximum atomic E-state index is 12.5. The molecule has 0 saturated carbocycles. The minimum Gasteiger partial charge on any atom is -0.506 e. The average molecular weight is 556 g/mol. The number of oxazole rings is 1. The summed E-state index contributed by atoms with van der Waals surface area (Å²) in [4.78, 5) is 12.1. The van der Waals surface area contributed by atoms with E-state index in [0.717, 1.165) is 28.7 Å². The molecule has 3 heterocycles. The van der Waals surface area contributed by atoms with Gasteiger partial charge in [-0.3, -0.25) is 4.18 Å². The summed E-state index contributed by atoms with van der Waals surface area (Å²) >= 11 is 1.65. The van der Waals surface area contributed by atoms with Gasteiger partial charge in [0.25, 0.3) is 0 Å². The number of thiazole rings is 1. The highest BCUT2D eigenvalue weighted by Crippen LogP contribution is 2.28. The van der Waals surface area contributed by atoms with Crippen molar-refractivity contribution in [1.29, 1.82) is 0 Å². The second-order valence-corrected chi connectivity index (χ2v) is 11.9. The number of aromatic nitrogens is 2. The summed E-state index contributed by atoms with van der Waals surface area (Å²) in [5.41, 5.74) is 1.97. The number of phenols is 1. The van der Waals surface area contributed by atoms with Crippen molar-refractivity contribution in [3.63, 3.8) is 0 Å². The van der Waals surface area contributed by atoms with Crippen LogP contribution in [0.1, 0.15) is 42.5 Å². The van der Waals surface area contributed by atoms with Gasteiger partial charge >= 0.3 is 10.1 Å². The highest BCUT2D eigenvalue weighted by molar-refractivity contribution is 7.86. The molecule has 1 atom stereocenters. The van der Waals surface area contributed by atoms with Crippen LogP contribution in [0.2, 0.25) is 0 Å². The van der Waals surface area contributed by atoms with Crippen molar-refractivity contribution in [3.8, 4) is 11.5 Å². The standard InChI is InChI=1S/C27H29N3O6S2/c1-18-6-10-25(23(31)14-18)38(32,33)34-17-19(2)35-20-7-9-22-24(15-20)36-26(29-22)11-8-21-16-28-27(37-21)30-12-4-3-5-13-30/h6-11,14-16,19,31H,3-5,12-13,17H2,1-2H3. The lowest BCUT2D eigenvalue weighted by Gasteiger charge is -2.25. The van der Waals surface area contributed by atoms with Crippen molar-refractivity contribution >= 4 is 49.8 Å². The molecule has 0 aliphatic carbocycles. The molecule has 2 aromatic heterocycles. The minimum absolute atomic E-state index is 0.230. The molecule has 1 fully saturated rings. The molecule has 4 aromatic rings. The summed E-state index contributed by atoms with van der Waals surface area (Å²) in [7, 11) is -4.13. The van der Waals surface area contributed by atoms with E-state index in [1.165, 1.54) is 31.4 Å².